The van der Waals surface area contributed by atoms with E-state index in [0.29, 0.717) is 16.7 Å². The van der Waals surface area contributed by atoms with Gasteiger partial charge in [0.15, 0.2) is 0 Å². The second-order valence-corrected chi connectivity index (χ2v) is 34.1. The molecular formula is C132H85NO3. The molecule has 0 atom stereocenters. The number of nitrogens with zero attached hydrogens (tertiary/aromatic N) is 1. The number of para-hydroxylation sites is 2. The van der Waals surface area contributed by atoms with Crippen LogP contribution in [0.4, 0.5) is 0 Å². The molecule has 27 aromatic rings. The average Bonchev–Trinajstić information content (AvgIpc) is 1.70. The lowest BCUT2D eigenvalue weighted by atomic mass is 9.85. The van der Waals surface area contributed by atoms with Crippen molar-refractivity contribution < 1.29 is 33.8 Å². The first-order valence-electron chi connectivity index (χ1n) is 52.9. The molecular weight excluding hydrogens is 1650 g/mol. The van der Waals surface area contributed by atoms with Gasteiger partial charge in [-0.3, -0.25) is 4.98 Å². The Labute approximate surface area is 807 Å². The number of rotatable bonds is 12. The molecule has 636 valence electrons. The summed E-state index contributed by atoms with van der Waals surface area (Å²) in [5.41, 5.74) is 27.9. The van der Waals surface area contributed by atoms with Gasteiger partial charge in [0.05, 0.1) is 20.6 Å². The maximum Gasteiger partial charge on any atom is 0.136 e. The predicted molar refractivity (Wildman–Crippen MR) is 574 cm³/mol. The van der Waals surface area contributed by atoms with Gasteiger partial charge in [-0.15, -0.1) is 0 Å². The van der Waals surface area contributed by atoms with Crippen LogP contribution >= 0.6 is 0 Å². The molecule has 4 aromatic heterocycles. The summed E-state index contributed by atoms with van der Waals surface area (Å²) in [5, 5.41) is 17.0. The van der Waals surface area contributed by atoms with E-state index in [4.69, 9.17) is 33.8 Å². The van der Waals surface area contributed by atoms with E-state index in [2.05, 4.69) is 200 Å². The lowest BCUT2D eigenvalue weighted by molar-refractivity contribution is 0.668. The normalized spacial score (nSPS) is 13.1. The van der Waals surface area contributed by atoms with Gasteiger partial charge in [-0.1, -0.05) is 430 Å². The van der Waals surface area contributed by atoms with Gasteiger partial charge in [0.1, 0.15) is 33.5 Å². The lowest BCUT2D eigenvalue weighted by Crippen LogP contribution is -1.92. The maximum absolute atomic E-state index is 8.86. The molecule has 0 saturated carbocycles. The molecule has 0 radical (unpaired) electrons. The van der Waals surface area contributed by atoms with E-state index in [0.717, 1.165) is 225 Å². The first kappa shape index (κ1) is 65.7. The number of furan rings is 3. The Morgan fingerprint density at radius 1 is 0.169 bits per heavy atom. The second-order valence-electron chi connectivity index (χ2n) is 34.1. The first-order valence-corrected chi connectivity index (χ1v) is 45.4. The zero-order valence-corrected chi connectivity index (χ0v) is 73.4. The zero-order chi connectivity index (χ0) is 103. The number of hydrogen-bond acceptors (Lipinski definition) is 4. The standard InChI is InChI=1S/C45H30O.C44H28O.C43H27NO/c1-29-13-5-6-16-33(29)38-27-28-41-45(39-21-11-12-22-40(39)46-41)44(38)32-25-23-31(24-26-32)43-36-19-9-7-17-34(36)42(30-14-3-2-4-15-30)35-18-8-10-20-37(35)43;1-3-13-29(14-4-1)33-21-11-23-39-43(33)44-34(22-12-24-40(44)45-39)30-25-27-32(28-26-30)42-37-19-9-7-17-35(37)41(31-15-5-2-6-16-31)36-18-8-10-20-38(36)42;1-2-11-28(12-3-1)40-33-14-4-6-16-35(33)41(36-17-7-5-15-34(36)40)29-20-22-30(23-21-29)42-32(31-13-10-26-44-27-31)24-25-39-43(42)37-18-8-9-19-38(37)45-39/h2-28H,1H3;1-28H;1-27H/i2D,3D,4D,14D,15D;2D,5D,6D,15D,16D;1D,2D,3D,11D,12D. The second kappa shape index (κ2) is 34.2. The van der Waals surface area contributed by atoms with Crippen molar-refractivity contribution in [1.29, 1.82) is 0 Å². The molecule has 0 saturated heterocycles. The van der Waals surface area contributed by atoms with E-state index in [1.165, 1.54) is 11.1 Å². The highest BCUT2D eigenvalue weighted by Gasteiger charge is 2.26. The van der Waals surface area contributed by atoms with Crippen LogP contribution in [-0.4, -0.2) is 4.98 Å². The van der Waals surface area contributed by atoms with E-state index >= 15 is 0 Å². The van der Waals surface area contributed by atoms with Crippen LogP contribution in [0.5, 0.6) is 0 Å². The maximum atomic E-state index is 8.86. The van der Waals surface area contributed by atoms with Crippen LogP contribution in [0.1, 0.15) is 26.1 Å². The average molecular weight is 1750 g/mol. The summed E-state index contributed by atoms with van der Waals surface area (Å²) < 4.78 is 147. The van der Waals surface area contributed by atoms with Crippen molar-refractivity contribution in [3.05, 3.63) is 503 Å². The third kappa shape index (κ3) is 13.9. The van der Waals surface area contributed by atoms with Gasteiger partial charge in [-0.05, 0) is 249 Å². The van der Waals surface area contributed by atoms with Gasteiger partial charge < -0.3 is 13.3 Å². The van der Waals surface area contributed by atoms with Crippen molar-refractivity contribution in [2.24, 2.45) is 0 Å². The summed E-state index contributed by atoms with van der Waals surface area (Å²) in [6.45, 7) is 2.14. The van der Waals surface area contributed by atoms with Crippen molar-refractivity contribution in [1.82, 2.24) is 4.98 Å². The van der Waals surface area contributed by atoms with E-state index in [-0.39, 0.29) is 89.2 Å². The van der Waals surface area contributed by atoms with Crippen molar-refractivity contribution in [3.8, 4) is 134 Å². The van der Waals surface area contributed by atoms with Gasteiger partial charge in [-0.2, -0.15) is 0 Å². The predicted octanol–water partition coefficient (Wildman–Crippen LogP) is 37.4. The quantitative estimate of drug-likeness (QED) is 0.114. The minimum atomic E-state index is -0.403. The number of hydrogen-bond donors (Lipinski definition) is 0. The molecule has 4 nitrogen and oxygen atoms in total. The number of fused-ring (bicyclic) bond motifs is 15. The third-order valence-corrected chi connectivity index (χ3v) is 26.6. The fourth-order valence-electron chi connectivity index (χ4n) is 20.7. The van der Waals surface area contributed by atoms with Gasteiger partial charge in [0.25, 0.3) is 0 Å². The molecule has 4 heteroatoms. The Balaban J connectivity index is 0.000000117. The molecule has 0 fully saturated rings. The van der Waals surface area contributed by atoms with E-state index < -0.39 is 18.1 Å². The Morgan fingerprint density at radius 3 is 0.794 bits per heavy atom. The van der Waals surface area contributed by atoms with Gasteiger partial charge in [0.2, 0.25) is 0 Å². The van der Waals surface area contributed by atoms with E-state index in [1.807, 2.05) is 212 Å². The van der Waals surface area contributed by atoms with Gasteiger partial charge in [0, 0.05) is 61.4 Å². The summed E-state index contributed by atoms with van der Waals surface area (Å²) in [6, 6.07) is 129. The molecule has 0 spiro atoms. The molecule has 0 unspecified atom stereocenters. The van der Waals surface area contributed by atoms with Crippen LogP contribution in [0.2, 0.25) is 0 Å². The van der Waals surface area contributed by atoms with Crippen LogP contribution in [0, 0.1) is 6.92 Å². The van der Waals surface area contributed by atoms with Crippen LogP contribution in [-0.2, 0) is 0 Å². The summed E-state index contributed by atoms with van der Waals surface area (Å²) in [6.07, 6.45) is 3.66. The Bertz CT molecular complexity index is 10100. The molecule has 0 bridgehead atoms. The highest BCUT2D eigenvalue weighted by Crippen LogP contribution is 2.53. The van der Waals surface area contributed by atoms with Crippen LogP contribution in [0.3, 0.4) is 0 Å². The number of benzene rings is 23. The summed E-state index contributed by atoms with van der Waals surface area (Å²) in [5.74, 6) is 0. The molecule has 0 aliphatic rings. The van der Waals surface area contributed by atoms with Crippen molar-refractivity contribution >= 4 is 130 Å². The Hall–Kier alpha value is -17.8. The fraction of sp³-hybridized carbons (Fsp3) is 0.00758. The van der Waals surface area contributed by atoms with Crippen molar-refractivity contribution in [2.75, 3.05) is 0 Å². The molecule has 136 heavy (non-hydrogen) atoms. The minimum absolute atomic E-state index is 0.202. The van der Waals surface area contributed by atoms with Crippen LogP contribution in [0.25, 0.3) is 264 Å². The highest BCUT2D eigenvalue weighted by atomic mass is 16.3. The zero-order valence-electron chi connectivity index (χ0n) is 88.4. The number of aryl methyl sites for hydroxylation is 1. The third-order valence-electron chi connectivity index (χ3n) is 26.6. The molecule has 23 aromatic carbocycles. The van der Waals surface area contributed by atoms with Crippen LogP contribution in [0.15, 0.2) is 511 Å². The smallest absolute Gasteiger partial charge is 0.136 e. The van der Waals surface area contributed by atoms with E-state index in [9.17, 15) is 0 Å². The minimum Gasteiger partial charge on any atom is -0.456 e. The Kier molecular flexibility index (Phi) is 16.5. The lowest BCUT2D eigenvalue weighted by Gasteiger charge is -2.18. The molecule has 0 amide bonds. The molecule has 0 N–H and O–H groups in total. The largest absolute Gasteiger partial charge is 0.456 e. The van der Waals surface area contributed by atoms with Crippen molar-refractivity contribution in [3.63, 3.8) is 0 Å². The molecule has 0 aliphatic heterocycles. The SMILES string of the molecule is [2H]c1c([2H])c([2H])c(-c2c3ccccc3c(-c3ccc(-c4c(-c5ccccc5C)ccc5oc6ccccc6c45)cc3)c3ccccc23)c([2H])c1[2H].[2H]c1c([2H])c([2H])c(-c2c3ccccc3c(-c3ccc(-c4c(-c5cccnc5)ccc5oc6ccccc6c45)cc3)c3ccccc23)c([2H])c1[2H].[2H]c1c([2H])c([2H])c(-c2c3ccccc3c(-c3ccc(-c4cccc5oc6cccc(-c7ccccc7)c6c45)cc3)c3ccccc23)c([2H])c1[2H]. The summed E-state index contributed by atoms with van der Waals surface area (Å²) in [4.78, 5) is 4.41. The van der Waals surface area contributed by atoms with Crippen LogP contribution < -0.4 is 0 Å². The van der Waals surface area contributed by atoms with Gasteiger partial charge >= 0.3 is 0 Å². The van der Waals surface area contributed by atoms with Crippen molar-refractivity contribution in [2.45, 2.75) is 6.92 Å². The highest BCUT2D eigenvalue weighted by molar-refractivity contribution is 6.26. The molecule has 0 aliphatic carbocycles. The first-order chi connectivity index (χ1) is 73.7. The summed E-state index contributed by atoms with van der Waals surface area (Å²) in [7, 11) is 0. The molecule has 4 heterocycles. The Morgan fingerprint density at radius 2 is 0.434 bits per heavy atom. The molecule has 27 rings (SSSR count). The summed E-state index contributed by atoms with van der Waals surface area (Å²) >= 11 is 0. The number of aromatic nitrogens is 1. The topological polar surface area (TPSA) is 52.3 Å². The monoisotopic (exact) mass is 1750 g/mol. The van der Waals surface area contributed by atoms with Gasteiger partial charge in [-0.25, -0.2) is 0 Å². The fourth-order valence-corrected chi connectivity index (χ4v) is 20.7. The van der Waals surface area contributed by atoms with E-state index in [1.54, 1.807) is 6.20 Å². The number of pyridine rings is 1.